The van der Waals surface area contributed by atoms with Gasteiger partial charge in [0.1, 0.15) is 5.58 Å². The number of nitrogens with zero attached hydrogens (tertiary/aromatic N) is 1. The Morgan fingerprint density at radius 2 is 1.11 bits per heavy atom. The molecule has 6 rings (SSSR count). The van der Waals surface area contributed by atoms with E-state index in [0.717, 1.165) is 27.8 Å². The molecule has 2 nitrogen and oxygen atoms in total. The number of furan rings is 1. The number of aryl methyl sites for hydroxylation is 1. The van der Waals surface area contributed by atoms with E-state index in [2.05, 4.69) is 96.4 Å². The Bertz CT molecular complexity index is 1430. The van der Waals surface area contributed by atoms with E-state index in [0.29, 0.717) is 0 Å². The van der Waals surface area contributed by atoms with Crippen LogP contribution in [0.3, 0.4) is 0 Å². The van der Waals surface area contributed by atoms with Crippen LogP contribution in [-0.4, -0.2) is 4.57 Å². The van der Waals surface area contributed by atoms with Crippen LogP contribution in [0.5, 0.6) is 0 Å². The number of hydrogen-bond donors (Lipinski definition) is 0. The average molecular weight is 347 g/mol. The summed E-state index contributed by atoms with van der Waals surface area (Å²) in [6.07, 6.45) is 0. The van der Waals surface area contributed by atoms with Crippen molar-refractivity contribution in [2.24, 2.45) is 0 Å². The Labute approximate surface area is 156 Å². The summed E-state index contributed by atoms with van der Waals surface area (Å²) in [4.78, 5) is 0. The van der Waals surface area contributed by atoms with Gasteiger partial charge in [0.2, 0.25) is 0 Å². The number of benzene rings is 4. The summed E-state index contributed by atoms with van der Waals surface area (Å²) in [5.74, 6) is 0. The second-order valence-electron chi connectivity index (χ2n) is 7.08. The molecule has 0 unspecified atom stereocenters. The van der Waals surface area contributed by atoms with Crippen molar-refractivity contribution in [3.05, 3.63) is 90.5 Å². The first-order chi connectivity index (χ1) is 13.3. The van der Waals surface area contributed by atoms with Gasteiger partial charge in [0.05, 0.1) is 16.7 Å². The van der Waals surface area contributed by atoms with Crippen LogP contribution in [-0.2, 0) is 0 Å². The lowest BCUT2D eigenvalue weighted by molar-refractivity contribution is 0.663. The van der Waals surface area contributed by atoms with Crippen molar-refractivity contribution in [2.75, 3.05) is 0 Å². The van der Waals surface area contributed by atoms with Crippen LogP contribution in [0.4, 0.5) is 0 Å². The third kappa shape index (κ3) is 1.90. The molecule has 0 aliphatic heterocycles. The standard InChI is InChI=1S/C25H17NO/c1-16-8-6-11-19-20-12-7-15-23(25(20)27-24(16)19)26-21-13-4-2-9-17(21)18-10-3-5-14-22(18)26/h2-15H,1H3. The first-order valence-corrected chi connectivity index (χ1v) is 9.22. The van der Waals surface area contributed by atoms with Gasteiger partial charge in [-0.25, -0.2) is 0 Å². The van der Waals surface area contributed by atoms with Crippen LogP contribution in [0.15, 0.2) is 89.3 Å². The lowest BCUT2D eigenvalue weighted by Crippen LogP contribution is -1.93. The molecule has 0 fully saturated rings. The molecule has 0 radical (unpaired) electrons. The fraction of sp³-hybridized carbons (Fsp3) is 0.0400. The van der Waals surface area contributed by atoms with Gasteiger partial charge < -0.3 is 8.98 Å². The van der Waals surface area contributed by atoms with Crippen molar-refractivity contribution in [2.45, 2.75) is 6.92 Å². The van der Waals surface area contributed by atoms with Crippen LogP contribution < -0.4 is 0 Å². The highest BCUT2D eigenvalue weighted by Gasteiger charge is 2.17. The predicted molar refractivity (Wildman–Crippen MR) is 113 cm³/mol. The van der Waals surface area contributed by atoms with E-state index in [9.17, 15) is 0 Å². The molecule has 0 aliphatic rings. The zero-order valence-electron chi connectivity index (χ0n) is 14.9. The lowest BCUT2D eigenvalue weighted by Gasteiger charge is -2.08. The van der Waals surface area contributed by atoms with Crippen LogP contribution in [0, 0.1) is 6.92 Å². The van der Waals surface area contributed by atoms with E-state index in [1.165, 1.54) is 27.2 Å². The maximum absolute atomic E-state index is 6.42. The third-order valence-corrected chi connectivity index (χ3v) is 5.52. The zero-order chi connectivity index (χ0) is 18.0. The van der Waals surface area contributed by atoms with E-state index >= 15 is 0 Å². The first kappa shape index (κ1) is 14.6. The Hall–Kier alpha value is -3.52. The van der Waals surface area contributed by atoms with Gasteiger partial charge in [-0.1, -0.05) is 66.7 Å². The molecule has 0 N–H and O–H groups in total. The Kier molecular flexibility index (Phi) is 2.84. The van der Waals surface area contributed by atoms with E-state index in [4.69, 9.17) is 4.42 Å². The minimum absolute atomic E-state index is 0.938. The molecule has 0 bridgehead atoms. The summed E-state index contributed by atoms with van der Waals surface area (Å²) >= 11 is 0. The smallest absolute Gasteiger partial charge is 0.159 e. The molecule has 0 aliphatic carbocycles. The number of hydrogen-bond acceptors (Lipinski definition) is 1. The minimum atomic E-state index is 0.938. The van der Waals surface area contributed by atoms with Crippen molar-refractivity contribution >= 4 is 43.7 Å². The predicted octanol–water partition coefficient (Wildman–Crippen LogP) is 6.99. The molecule has 6 aromatic rings. The molecule has 2 aromatic heterocycles. The van der Waals surface area contributed by atoms with Crippen LogP contribution >= 0.6 is 0 Å². The minimum Gasteiger partial charge on any atom is -0.454 e. The Morgan fingerprint density at radius 3 is 1.81 bits per heavy atom. The van der Waals surface area contributed by atoms with Gasteiger partial charge in [-0.15, -0.1) is 0 Å². The van der Waals surface area contributed by atoms with Gasteiger partial charge in [0.15, 0.2) is 5.58 Å². The van der Waals surface area contributed by atoms with Gasteiger partial charge in [-0.3, -0.25) is 0 Å². The molecule has 2 heterocycles. The highest BCUT2D eigenvalue weighted by atomic mass is 16.3. The molecule has 128 valence electrons. The fourth-order valence-corrected chi connectivity index (χ4v) is 4.30. The second-order valence-corrected chi connectivity index (χ2v) is 7.08. The normalized spacial score (nSPS) is 11.9. The van der Waals surface area contributed by atoms with Crippen LogP contribution in [0.2, 0.25) is 0 Å². The van der Waals surface area contributed by atoms with Gasteiger partial charge in [-0.2, -0.15) is 0 Å². The molecule has 4 aromatic carbocycles. The maximum Gasteiger partial charge on any atom is 0.159 e. The van der Waals surface area contributed by atoms with Gasteiger partial charge in [0.25, 0.3) is 0 Å². The third-order valence-electron chi connectivity index (χ3n) is 5.52. The monoisotopic (exact) mass is 347 g/mol. The van der Waals surface area contributed by atoms with E-state index in [1.54, 1.807) is 0 Å². The van der Waals surface area contributed by atoms with E-state index in [1.807, 2.05) is 0 Å². The van der Waals surface area contributed by atoms with Crippen molar-refractivity contribution in [1.29, 1.82) is 0 Å². The zero-order valence-corrected chi connectivity index (χ0v) is 14.9. The fourth-order valence-electron chi connectivity index (χ4n) is 4.30. The molecular formula is C25H17NO. The van der Waals surface area contributed by atoms with Crippen molar-refractivity contribution in [1.82, 2.24) is 4.57 Å². The van der Waals surface area contributed by atoms with Crippen LogP contribution in [0.25, 0.3) is 49.4 Å². The maximum atomic E-state index is 6.42. The average Bonchev–Trinajstić information content (AvgIpc) is 3.25. The topological polar surface area (TPSA) is 18.1 Å². The van der Waals surface area contributed by atoms with Gasteiger partial charge in [-0.05, 0) is 30.7 Å². The molecule has 0 atom stereocenters. The first-order valence-electron chi connectivity index (χ1n) is 9.22. The lowest BCUT2D eigenvalue weighted by atomic mass is 10.1. The summed E-state index contributed by atoms with van der Waals surface area (Å²) in [5, 5.41) is 4.86. The Balaban J connectivity index is 1.84. The van der Waals surface area contributed by atoms with E-state index < -0.39 is 0 Å². The highest BCUT2D eigenvalue weighted by Crippen LogP contribution is 2.38. The highest BCUT2D eigenvalue weighted by molar-refractivity contribution is 6.12. The van der Waals surface area contributed by atoms with Crippen molar-refractivity contribution in [3.8, 4) is 5.69 Å². The molecule has 0 saturated heterocycles. The summed E-state index contributed by atoms with van der Waals surface area (Å²) in [6.45, 7) is 2.10. The molecular weight excluding hydrogens is 330 g/mol. The van der Waals surface area contributed by atoms with Gasteiger partial charge in [0, 0.05) is 21.5 Å². The summed E-state index contributed by atoms with van der Waals surface area (Å²) < 4.78 is 8.74. The molecule has 0 amide bonds. The summed E-state index contributed by atoms with van der Waals surface area (Å²) in [5.41, 5.74) is 6.55. The second kappa shape index (κ2) is 5.24. The molecule has 0 spiro atoms. The number of para-hydroxylation sites is 4. The number of rotatable bonds is 1. The molecule has 0 saturated carbocycles. The number of fused-ring (bicyclic) bond motifs is 6. The summed E-state index contributed by atoms with van der Waals surface area (Å²) in [6, 6.07) is 29.9. The quantitative estimate of drug-likeness (QED) is 0.313. The molecule has 27 heavy (non-hydrogen) atoms. The molecule has 2 heteroatoms. The van der Waals surface area contributed by atoms with Crippen molar-refractivity contribution < 1.29 is 4.42 Å². The van der Waals surface area contributed by atoms with Crippen molar-refractivity contribution in [3.63, 3.8) is 0 Å². The van der Waals surface area contributed by atoms with E-state index in [-0.39, 0.29) is 0 Å². The SMILES string of the molecule is Cc1cccc2c1oc1c(-n3c4ccccc4c4ccccc43)cccc12. The largest absolute Gasteiger partial charge is 0.454 e. The Morgan fingerprint density at radius 1 is 0.556 bits per heavy atom. The number of aromatic nitrogens is 1. The van der Waals surface area contributed by atoms with Crippen LogP contribution in [0.1, 0.15) is 5.56 Å². The summed E-state index contributed by atoms with van der Waals surface area (Å²) in [7, 11) is 0. The van der Waals surface area contributed by atoms with Gasteiger partial charge >= 0.3 is 0 Å².